The van der Waals surface area contributed by atoms with Crippen LogP contribution >= 0.6 is 43.2 Å². The molecule has 2 aliphatic rings. The van der Waals surface area contributed by atoms with Crippen LogP contribution in [0.3, 0.4) is 0 Å². The smallest absolute Gasteiger partial charge is 0.245 e. The van der Waals surface area contributed by atoms with Gasteiger partial charge in [-0.15, -0.1) is 16.4 Å². The van der Waals surface area contributed by atoms with E-state index < -0.39 is 0 Å². The maximum Gasteiger partial charge on any atom is 0.245 e. The Hall–Kier alpha value is -0.440. The first kappa shape index (κ1) is 14.2. The standard InChI is InChI=1S/C13H15Br2N5S/c14-10-4-8(11(15)21-10)12-17-13(19-18-12)20-5-7-2-1-3-16-9(7)6-20/h4,7,9,16H,1-3,5-6H2,(H,17,18,19). The summed E-state index contributed by atoms with van der Waals surface area (Å²) in [6.07, 6.45) is 2.60. The molecule has 2 fully saturated rings. The van der Waals surface area contributed by atoms with Gasteiger partial charge in [0.1, 0.15) is 0 Å². The van der Waals surface area contributed by atoms with Crippen LogP contribution in [0.5, 0.6) is 0 Å². The molecule has 0 radical (unpaired) electrons. The van der Waals surface area contributed by atoms with E-state index in [9.17, 15) is 0 Å². The zero-order valence-electron chi connectivity index (χ0n) is 11.3. The summed E-state index contributed by atoms with van der Waals surface area (Å²) in [6.45, 7) is 3.21. The molecular formula is C13H15Br2N5S. The molecule has 5 nitrogen and oxygen atoms in total. The van der Waals surface area contributed by atoms with Crippen LogP contribution in [0.15, 0.2) is 13.6 Å². The lowest BCUT2D eigenvalue weighted by atomic mass is 9.94. The van der Waals surface area contributed by atoms with Crippen molar-refractivity contribution < 1.29 is 0 Å². The van der Waals surface area contributed by atoms with Gasteiger partial charge in [-0.2, -0.15) is 4.98 Å². The summed E-state index contributed by atoms with van der Waals surface area (Å²) in [5.74, 6) is 2.37. The van der Waals surface area contributed by atoms with E-state index in [1.807, 2.05) is 0 Å². The van der Waals surface area contributed by atoms with Crippen molar-refractivity contribution >= 4 is 49.1 Å². The Morgan fingerprint density at radius 3 is 3.00 bits per heavy atom. The van der Waals surface area contributed by atoms with Crippen molar-refractivity contribution in [3.05, 3.63) is 13.6 Å². The normalized spacial score (nSPS) is 25.3. The molecule has 0 amide bonds. The Morgan fingerprint density at radius 1 is 1.33 bits per heavy atom. The molecule has 0 bridgehead atoms. The molecule has 0 aliphatic carbocycles. The topological polar surface area (TPSA) is 56.8 Å². The summed E-state index contributed by atoms with van der Waals surface area (Å²) < 4.78 is 2.15. The highest BCUT2D eigenvalue weighted by molar-refractivity contribution is 9.12. The molecule has 4 rings (SSSR count). The number of nitrogens with one attached hydrogen (secondary N) is 2. The van der Waals surface area contributed by atoms with Gasteiger partial charge in [0.2, 0.25) is 5.95 Å². The molecule has 2 atom stereocenters. The van der Waals surface area contributed by atoms with Crippen LogP contribution in [0.25, 0.3) is 11.4 Å². The summed E-state index contributed by atoms with van der Waals surface area (Å²) in [6, 6.07) is 2.66. The van der Waals surface area contributed by atoms with Gasteiger partial charge in [0.05, 0.1) is 7.57 Å². The number of hydrogen-bond acceptors (Lipinski definition) is 5. The van der Waals surface area contributed by atoms with Gasteiger partial charge in [-0.25, -0.2) is 0 Å². The van der Waals surface area contributed by atoms with Crippen molar-refractivity contribution in [1.82, 2.24) is 20.5 Å². The van der Waals surface area contributed by atoms with Gasteiger partial charge in [0.15, 0.2) is 5.82 Å². The second-order valence-electron chi connectivity index (χ2n) is 5.59. The molecule has 0 aromatic carbocycles. The maximum absolute atomic E-state index is 4.68. The Kier molecular flexibility index (Phi) is 3.81. The van der Waals surface area contributed by atoms with Crippen molar-refractivity contribution in [2.75, 3.05) is 24.5 Å². The lowest BCUT2D eigenvalue weighted by Crippen LogP contribution is -2.40. The minimum atomic E-state index is 0.600. The summed E-state index contributed by atoms with van der Waals surface area (Å²) in [7, 11) is 0. The van der Waals surface area contributed by atoms with Crippen LogP contribution in [-0.2, 0) is 0 Å². The average molecular weight is 433 g/mol. The second-order valence-corrected chi connectivity index (χ2v) is 9.34. The zero-order valence-corrected chi connectivity index (χ0v) is 15.3. The number of fused-ring (bicyclic) bond motifs is 1. The number of aromatic nitrogens is 3. The van der Waals surface area contributed by atoms with E-state index in [1.165, 1.54) is 12.8 Å². The number of anilines is 1. The molecule has 2 unspecified atom stereocenters. The molecular weight excluding hydrogens is 418 g/mol. The minimum Gasteiger partial charge on any atom is -0.338 e. The van der Waals surface area contributed by atoms with Gasteiger partial charge < -0.3 is 10.2 Å². The Morgan fingerprint density at radius 2 is 2.24 bits per heavy atom. The third-order valence-electron chi connectivity index (χ3n) is 4.27. The molecule has 2 saturated heterocycles. The molecule has 0 saturated carbocycles. The van der Waals surface area contributed by atoms with E-state index >= 15 is 0 Å². The van der Waals surface area contributed by atoms with Gasteiger partial charge in [0, 0.05) is 24.7 Å². The van der Waals surface area contributed by atoms with Gasteiger partial charge >= 0.3 is 0 Å². The number of aromatic amines is 1. The lowest BCUT2D eigenvalue weighted by Gasteiger charge is -2.24. The van der Waals surface area contributed by atoms with Crippen molar-refractivity contribution in [3.8, 4) is 11.4 Å². The third kappa shape index (κ3) is 2.67. The highest BCUT2D eigenvalue weighted by atomic mass is 79.9. The monoisotopic (exact) mass is 431 g/mol. The first-order valence-corrected chi connectivity index (χ1v) is 9.47. The van der Waals surface area contributed by atoms with Crippen molar-refractivity contribution in [1.29, 1.82) is 0 Å². The molecule has 21 heavy (non-hydrogen) atoms. The van der Waals surface area contributed by atoms with Crippen molar-refractivity contribution in [3.63, 3.8) is 0 Å². The van der Waals surface area contributed by atoms with Crippen LogP contribution < -0.4 is 10.2 Å². The molecule has 2 aromatic heterocycles. The van der Waals surface area contributed by atoms with Crippen LogP contribution in [0.2, 0.25) is 0 Å². The Labute approximate surface area is 143 Å². The average Bonchev–Trinajstić information content (AvgIpc) is 3.15. The van der Waals surface area contributed by atoms with E-state index in [2.05, 4.69) is 63.3 Å². The zero-order chi connectivity index (χ0) is 14.4. The van der Waals surface area contributed by atoms with E-state index in [4.69, 9.17) is 0 Å². The first-order chi connectivity index (χ1) is 10.2. The number of H-pyrrole nitrogens is 1. The van der Waals surface area contributed by atoms with Gasteiger partial charge in [-0.1, -0.05) is 0 Å². The number of thiophene rings is 1. The van der Waals surface area contributed by atoms with Crippen LogP contribution in [0.4, 0.5) is 5.95 Å². The first-order valence-electron chi connectivity index (χ1n) is 7.06. The van der Waals surface area contributed by atoms with Crippen LogP contribution in [0, 0.1) is 5.92 Å². The molecule has 0 spiro atoms. The second kappa shape index (κ2) is 5.64. The van der Waals surface area contributed by atoms with Crippen molar-refractivity contribution in [2.24, 2.45) is 5.92 Å². The molecule has 112 valence electrons. The fraction of sp³-hybridized carbons (Fsp3) is 0.538. The Bertz CT molecular complexity index is 641. The molecule has 2 aromatic rings. The SMILES string of the molecule is Brc1cc(-c2nc(N3CC4CCCNC4C3)n[nH]2)c(Br)s1. The van der Waals surface area contributed by atoms with Crippen LogP contribution in [0.1, 0.15) is 12.8 Å². The predicted molar refractivity (Wildman–Crippen MR) is 91.8 cm³/mol. The third-order valence-corrected chi connectivity index (χ3v) is 6.61. The molecule has 2 N–H and O–H groups in total. The predicted octanol–water partition coefficient (Wildman–Crippen LogP) is 3.25. The number of piperidine rings is 1. The fourth-order valence-electron chi connectivity index (χ4n) is 3.23. The summed E-state index contributed by atoms with van der Waals surface area (Å²) in [5.41, 5.74) is 1.06. The summed E-state index contributed by atoms with van der Waals surface area (Å²) in [4.78, 5) is 6.98. The molecule has 8 heteroatoms. The fourth-order valence-corrected chi connectivity index (χ4v) is 6.03. The molecule has 4 heterocycles. The number of hydrogen-bond donors (Lipinski definition) is 2. The molecule has 2 aliphatic heterocycles. The number of rotatable bonds is 2. The van der Waals surface area contributed by atoms with Crippen molar-refractivity contribution in [2.45, 2.75) is 18.9 Å². The number of nitrogens with zero attached hydrogens (tertiary/aromatic N) is 3. The largest absolute Gasteiger partial charge is 0.338 e. The maximum atomic E-state index is 4.68. The highest BCUT2D eigenvalue weighted by Crippen LogP contribution is 2.37. The van der Waals surface area contributed by atoms with Gasteiger partial charge in [-0.05, 0) is 63.2 Å². The van der Waals surface area contributed by atoms with Gasteiger partial charge in [0.25, 0.3) is 0 Å². The quantitative estimate of drug-likeness (QED) is 0.764. The Balaban J connectivity index is 1.56. The van der Waals surface area contributed by atoms with E-state index in [1.54, 1.807) is 11.3 Å². The van der Waals surface area contributed by atoms with Crippen LogP contribution in [-0.4, -0.2) is 40.9 Å². The highest BCUT2D eigenvalue weighted by Gasteiger charge is 2.35. The minimum absolute atomic E-state index is 0.600. The summed E-state index contributed by atoms with van der Waals surface area (Å²) in [5, 5.41) is 11.1. The number of halogens is 2. The lowest BCUT2D eigenvalue weighted by molar-refractivity contribution is 0.340. The van der Waals surface area contributed by atoms with E-state index in [0.717, 1.165) is 50.5 Å². The van der Waals surface area contributed by atoms with Gasteiger partial charge in [-0.3, -0.25) is 5.10 Å². The van der Waals surface area contributed by atoms with E-state index in [0.29, 0.717) is 6.04 Å². The summed E-state index contributed by atoms with van der Waals surface area (Å²) >= 11 is 8.72. The van der Waals surface area contributed by atoms with E-state index in [-0.39, 0.29) is 0 Å².